The molecule has 0 radical (unpaired) electrons. The molecule has 3 heterocycles. The number of halogens is 1. The van der Waals surface area contributed by atoms with E-state index in [1.807, 2.05) is 6.92 Å². The lowest BCUT2D eigenvalue weighted by Gasteiger charge is -2.24. The Morgan fingerprint density at radius 1 is 1.46 bits per heavy atom. The molecule has 0 aliphatic carbocycles. The van der Waals surface area contributed by atoms with Gasteiger partial charge in [-0.1, -0.05) is 0 Å². The molecule has 2 aromatic rings. The number of rotatable bonds is 5. The second kappa shape index (κ2) is 6.11. The third-order valence-corrected chi connectivity index (χ3v) is 4.14. The minimum atomic E-state index is -2.11. The fourth-order valence-corrected chi connectivity index (χ4v) is 2.86. The van der Waals surface area contributed by atoms with Gasteiger partial charge >= 0.3 is 0 Å². The summed E-state index contributed by atoms with van der Waals surface area (Å²) in [6.07, 6.45) is -2.24. The van der Waals surface area contributed by atoms with Gasteiger partial charge in [-0.15, -0.1) is 0 Å². The van der Waals surface area contributed by atoms with Gasteiger partial charge in [0.2, 0.25) is 5.95 Å². The zero-order chi connectivity index (χ0) is 17.5. The van der Waals surface area contributed by atoms with Gasteiger partial charge in [0.25, 0.3) is 0 Å². The first-order valence-electron chi connectivity index (χ1n) is 7.73. The second-order valence-electron chi connectivity index (χ2n) is 5.81. The SMILES string of the molecule is CCNc1nc(NC)c2ncn([C@@H]3O[C@H](CO)[C@@H](O)[C@@]3(C)F)c2n1. The zero-order valence-corrected chi connectivity index (χ0v) is 13.7. The molecule has 24 heavy (non-hydrogen) atoms. The van der Waals surface area contributed by atoms with Gasteiger partial charge in [0, 0.05) is 13.6 Å². The molecule has 4 N–H and O–H groups in total. The van der Waals surface area contributed by atoms with Gasteiger partial charge in [0.15, 0.2) is 28.9 Å². The molecule has 9 nitrogen and oxygen atoms in total. The van der Waals surface area contributed by atoms with Crippen molar-refractivity contribution in [3.63, 3.8) is 0 Å². The number of imidazole rings is 1. The molecule has 132 valence electrons. The summed E-state index contributed by atoms with van der Waals surface area (Å²) in [5.41, 5.74) is -1.28. The van der Waals surface area contributed by atoms with Crippen LogP contribution in [-0.4, -0.2) is 67.8 Å². The van der Waals surface area contributed by atoms with Gasteiger partial charge in [-0.3, -0.25) is 4.57 Å². The number of nitrogens with one attached hydrogen (secondary N) is 2. The Morgan fingerprint density at radius 2 is 2.21 bits per heavy atom. The van der Waals surface area contributed by atoms with Crippen molar-refractivity contribution < 1.29 is 19.3 Å². The topological polar surface area (TPSA) is 117 Å². The van der Waals surface area contributed by atoms with E-state index in [9.17, 15) is 10.2 Å². The highest BCUT2D eigenvalue weighted by molar-refractivity contribution is 5.84. The number of ether oxygens (including phenoxy) is 1. The summed E-state index contributed by atoms with van der Waals surface area (Å²) in [5.74, 6) is 0.862. The summed E-state index contributed by atoms with van der Waals surface area (Å²) in [4.78, 5) is 12.9. The van der Waals surface area contributed by atoms with Crippen molar-refractivity contribution in [2.75, 3.05) is 30.8 Å². The highest BCUT2D eigenvalue weighted by atomic mass is 19.1. The van der Waals surface area contributed by atoms with E-state index in [2.05, 4.69) is 25.6 Å². The molecule has 1 fully saturated rings. The lowest BCUT2D eigenvalue weighted by atomic mass is 9.98. The maximum atomic E-state index is 15.0. The number of aliphatic hydroxyl groups excluding tert-OH is 2. The van der Waals surface area contributed by atoms with Crippen LogP contribution in [-0.2, 0) is 4.74 Å². The van der Waals surface area contributed by atoms with Gasteiger partial charge in [0.1, 0.15) is 12.2 Å². The Kier molecular flexibility index (Phi) is 4.28. The summed E-state index contributed by atoms with van der Waals surface area (Å²) in [5, 5.41) is 25.3. The van der Waals surface area contributed by atoms with Crippen LogP contribution >= 0.6 is 0 Å². The highest BCUT2D eigenvalue weighted by Gasteiger charge is 2.55. The first kappa shape index (κ1) is 16.8. The number of hydrogen-bond donors (Lipinski definition) is 4. The molecule has 10 heteroatoms. The smallest absolute Gasteiger partial charge is 0.226 e. The second-order valence-corrected chi connectivity index (χ2v) is 5.81. The molecule has 0 aromatic carbocycles. The normalized spacial score (nSPS) is 30.0. The quantitative estimate of drug-likeness (QED) is 0.613. The maximum Gasteiger partial charge on any atom is 0.226 e. The summed E-state index contributed by atoms with van der Waals surface area (Å²) >= 11 is 0. The zero-order valence-electron chi connectivity index (χ0n) is 13.7. The van der Waals surface area contributed by atoms with Crippen LogP contribution in [0.4, 0.5) is 16.2 Å². The molecule has 1 aliphatic rings. The molecule has 0 unspecified atom stereocenters. The minimum Gasteiger partial charge on any atom is -0.394 e. The van der Waals surface area contributed by atoms with Gasteiger partial charge in [-0.2, -0.15) is 9.97 Å². The predicted octanol–water partition coefficient (Wildman–Crippen LogP) is 0.279. The lowest BCUT2D eigenvalue weighted by molar-refractivity contribution is -0.0566. The van der Waals surface area contributed by atoms with Gasteiger partial charge in [-0.05, 0) is 13.8 Å². The summed E-state index contributed by atoms with van der Waals surface area (Å²) in [6.45, 7) is 3.28. The van der Waals surface area contributed by atoms with Gasteiger partial charge < -0.3 is 25.6 Å². The standard InChI is InChI=1S/C14H21FN6O3/c1-4-17-13-19-10(16-3)8-11(20-13)21(6-18-8)12-14(2,15)9(23)7(5-22)24-12/h6-7,9,12,22-23H,4-5H2,1-3H3,(H2,16,17,19,20)/t7-,9-,12-,14-/m1/s1. The molecule has 1 saturated heterocycles. The molecule has 2 aromatic heterocycles. The highest BCUT2D eigenvalue weighted by Crippen LogP contribution is 2.42. The summed E-state index contributed by atoms with van der Waals surface area (Å²) in [7, 11) is 1.70. The molecular formula is C14H21FN6O3. The number of alkyl halides is 1. The van der Waals surface area contributed by atoms with E-state index < -0.39 is 30.7 Å². The molecule has 1 aliphatic heterocycles. The average molecular weight is 340 g/mol. The number of hydrogen-bond acceptors (Lipinski definition) is 8. The fraction of sp³-hybridized carbons (Fsp3) is 0.643. The summed E-state index contributed by atoms with van der Waals surface area (Å²) in [6, 6.07) is 0. The van der Waals surface area contributed by atoms with E-state index >= 15 is 4.39 Å². The first-order chi connectivity index (χ1) is 11.4. The van der Waals surface area contributed by atoms with E-state index in [-0.39, 0.29) is 0 Å². The first-order valence-corrected chi connectivity index (χ1v) is 7.73. The molecule has 3 rings (SSSR count). The minimum absolute atomic E-state index is 0.366. The lowest BCUT2D eigenvalue weighted by Crippen LogP contribution is -2.40. The van der Waals surface area contributed by atoms with Crippen LogP contribution in [0.2, 0.25) is 0 Å². The number of aliphatic hydroxyl groups is 2. The third-order valence-electron chi connectivity index (χ3n) is 4.14. The van der Waals surface area contributed by atoms with Crippen molar-refractivity contribution in [1.29, 1.82) is 0 Å². The van der Waals surface area contributed by atoms with Gasteiger partial charge in [0.05, 0.1) is 12.9 Å². The maximum absolute atomic E-state index is 15.0. The van der Waals surface area contributed by atoms with Gasteiger partial charge in [-0.25, -0.2) is 9.37 Å². The van der Waals surface area contributed by atoms with Crippen molar-refractivity contribution in [3.05, 3.63) is 6.33 Å². The number of aromatic nitrogens is 4. The number of anilines is 2. The molecule has 0 amide bonds. The number of fused-ring (bicyclic) bond motifs is 1. The van der Waals surface area contributed by atoms with Crippen molar-refractivity contribution in [3.8, 4) is 0 Å². The van der Waals surface area contributed by atoms with Crippen LogP contribution in [0.5, 0.6) is 0 Å². The van der Waals surface area contributed by atoms with Crippen LogP contribution in [0, 0.1) is 0 Å². The van der Waals surface area contributed by atoms with E-state index in [1.165, 1.54) is 17.8 Å². The Bertz CT molecular complexity index is 737. The number of nitrogens with zero attached hydrogens (tertiary/aromatic N) is 4. The van der Waals surface area contributed by atoms with Crippen molar-refractivity contribution >= 4 is 22.9 Å². The monoisotopic (exact) mass is 340 g/mol. The van der Waals surface area contributed by atoms with Crippen LogP contribution in [0.3, 0.4) is 0 Å². The van der Waals surface area contributed by atoms with Crippen LogP contribution < -0.4 is 10.6 Å². The van der Waals surface area contributed by atoms with E-state index in [0.29, 0.717) is 29.5 Å². The van der Waals surface area contributed by atoms with E-state index in [4.69, 9.17) is 4.74 Å². The molecular weight excluding hydrogens is 319 g/mol. The van der Waals surface area contributed by atoms with E-state index in [1.54, 1.807) is 7.05 Å². The molecule has 0 saturated carbocycles. The van der Waals surface area contributed by atoms with Crippen molar-refractivity contribution in [1.82, 2.24) is 19.5 Å². The van der Waals surface area contributed by atoms with Crippen molar-refractivity contribution in [2.24, 2.45) is 0 Å². The largest absolute Gasteiger partial charge is 0.394 e. The summed E-state index contributed by atoms with van der Waals surface area (Å²) < 4.78 is 21.9. The Hall–Kier alpha value is -2.04. The fourth-order valence-electron chi connectivity index (χ4n) is 2.86. The molecule has 4 atom stereocenters. The van der Waals surface area contributed by atoms with Crippen LogP contribution in [0.25, 0.3) is 11.2 Å². The van der Waals surface area contributed by atoms with Crippen LogP contribution in [0.1, 0.15) is 20.1 Å². The average Bonchev–Trinajstić information content (AvgIpc) is 3.07. The van der Waals surface area contributed by atoms with Crippen LogP contribution in [0.15, 0.2) is 6.33 Å². The Morgan fingerprint density at radius 3 is 2.79 bits per heavy atom. The Labute approximate surface area is 137 Å². The Balaban J connectivity index is 2.11. The molecule has 0 spiro atoms. The van der Waals surface area contributed by atoms with Crippen molar-refractivity contribution in [2.45, 2.75) is 38.0 Å². The predicted molar refractivity (Wildman–Crippen MR) is 85.5 cm³/mol. The third kappa shape index (κ3) is 2.46. The molecule has 0 bridgehead atoms. The van der Waals surface area contributed by atoms with E-state index in [0.717, 1.165) is 0 Å².